The van der Waals surface area contributed by atoms with Crippen LogP contribution in [-0.2, 0) is 0 Å². The molecule has 0 radical (unpaired) electrons. The monoisotopic (exact) mass is 272 g/mol. The number of aromatic carboxylic acids is 1. The second-order valence-corrected chi connectivity index (χ2v) is 5.57. The Morgan fingerprint density at radius 1 is 1.33 bits per heavy atom. The summed E-state index contributed by atoms with van der Waals surface area (Å²) in [5, 5.41) is 22.0. The Kier molecular flexibility index (Phi) is 3.88. The summed E-state index contributed by atoms with van der Waals surface area (Å²) in [5.74, 6) is -0.768. The zero-order valence-electron chi connectivity index (χ0n) is 10.8. The fraction of sp³-hybridized carbons (Fsp3) is 0.500. The molecule has 1 heterocycles. The maximum absolute atomic E-state index is 10.9. The Bertz CT molecular complexity index is 467. The van der Waals surface area contributed by atoms with Crippen LogP contribution in [0.2, 0.25) is 5.15 Å². The van der Waals surface area contributed by atoms with Crippen molar-refractivity contribution in [1.29, 1.82) is 0 Å². The third-order valence-corrected chi connectivity index (χ3v) is 3.20. The number of nitrogens with one attached hydrogen (secondary N) is 1. The molecule has 3 N–H and O–H groups in total. The Morgan fingerprint density at radius 2 is 1.89 bits per heavy atom. The fourth-order valence-electron chi connectivity index (χ4n) is 1.16. The molecule has 18 heavy (non-hydrogen) atoms. The minimum atomic E-state index is -1.08. The van der Waals surface area contributed by atoms with Crippen LogP contribution in [0.5, 0.6) is 0 Å². The molecule has 0 aliphatic carbocycles. The van der Waals surface area contributed by atoms with Gasteiger partial charge in [-0.25, -0.2) is 9.78 Å². The van der Waals surface area contributed by atoms with Crippen molar-refractivity contribution >= 4 is 23.4 Å². The van der Waals surface area contributed by atoms with E-state index in [0.29, 0.717) is 5.82 Å². The van der Waals surface area contributed by atoms with E-state index >= 15 is 0 Å². The average molecular weight is 273 g/mol. The maximum Gasteiger partial charge on any atom is 0.335 e. The van der Waals surface area contributed by atoms with E-state index in [1.54, 1.807) is 27.7 Å². The first-order valence-electron chi connectivity index (χ1n) is 5.44. The first-order valence-corrected chi connectivity index (χ1v) is 5.82. The standard InChI is InChI=1S/C12H17ClN2O3/c1-11(2,12(3,4)18)15-9-6-7(10(16)17)5-8(13)14-9/h5-6,18H,1-4H3,(H,14,15)(H,16,17). The van der Waals surface area contributed by atoms with E-state index in [2.05, 4.69) is 10.3 Å². The Labute approximate surface area is 111 Å². The van der Waals surface area contributed by atoms with Gasteiger partial charge in [0.05, 0.1) is 16.7 Å². The van der Waals surface area contributed by atoms with Crippen LogP contribution in [0.25, 0.3) is 0 Å². The Balaban J connectivity index is 3.09. The molecular formula is C12H17ClN2O3. The number of carboxylic acids is 1. The molecular weight excluding hydrogens is 256 g/mol. The SMILES string of the molecule is CC(C)(O)C(C)(C)Nc1cc(C(=O)O)cc(Cl)n1. The topological polar surface area (TPSA) is 82.5 Å². The van der Waals surface area contributed by atoms with E-state index in [1.165, 1.54) is 12.1 Å². The van der Waals surface area contributed by atoms with Crippen LogP contribution in [0.3, 0.4) is 0 Å². The van der Waals surface area contributed by atoms with Gasteiger partial charge in [-0.2, -0.15) is 0 Å². The quantitative estimate of drug-likeness (QED) is 0.733. The van der Waals surface area contributed by atoms with Crippen molar-refractivity contribution in [3.05, 3.63) is 22.8 Å². The van der Waals surface area contributed by atoms with Crippen LogP contribution < -0.4 is 5.32 Å². The first kappa shape index (κ1) is 14.7. The summed E-state index contributed by atoms with van der Waals surface area (Å²) in [5.41, 5.74) is -1.66. The molecule has 0 bridgehead atoms. The van der Waals surface area contributed by atoms with E-state index in [9.17, 15) is 9.90 Å². The van der Waals surface area contributed by atoms with Crippen molar-refractivity contribution in [3.63, 3.8) is 0 Å². The number of aliphatic hydroxyl groups is 1. The third kappa shape index (κ3) is 3.34. The molecule has 0 fully saturated rings. The zero-order valence-corrected chi connectivity index (χ0v) is 11.5. The van der Waals surface area contributed by atoms with Gasteiger partial charge in [0.15, 0.2) is 0 Å². The minimum Gasteiger partial charge on any atom is -0.478 e. The summed E-state index contributed by atoms with van der Waals surface area (Å²) in [7, 11) is 0. The predicted octanol–water partition coefficient (Wildman–Crippen LogP) is 2.39. The lowest BCUT2D eigenvalue weighted by Gasteiger charge is -2.38. The van der Waals surface area contributed by atoms with Crippen molar-refractivity contribution < 1.29 is 15.0 Å². The molecule has 0 saturated carbocycles. The first-order chi connectivity index (χ1) is 8.03. The predicted molar refractivity (Wildman–Crippen MR) is 70.2 cm³/mol. The van der Waals surface area contributed by atoms with E-state index in [1.807, 2.05) is 0 Å². The summed E-state index contributed by atoms with van der Waals surface area (Å²) >= 11 is 5.76. The summed E-state index contributed by atoms with van der Waals surface area (Å²) in [4.78, 5) is 14.9. The van der Waals surface area contributed by atoms with Crippen LogP contribution in [0.15, 0.2) is 12.1 Å². The van der Waals surface area contributed by atoms with Gasteiger partial charge in [0.25, 0.3) is 0 Å². The summed E-state index contributed by atoms with van der Waals surface area (Å²) in [6.07, 6.45) is 0. The molecule has 100 valence electrons. The smallest absolute Gasteiger partial charge is 0.335 e. The molecule has 0 amide bonds. The molecule has 0 aromatic carbocycles. The van der Waals surface area contributed by atoms with Crippen molar-refractivity contribution in [2.75, 3.05) is 5.32 Å². The molecule has 1 aromatic rings. The summed E-state index contributed by atoms with van der Waals surface area (Å²) in [6.45, 7) is 6.89. The van der Waals surface area contributed by atoms with Gasteiger partial charge in [-0.15, -0.1) is 0 Å². The minimum absolute atomic E-state index is 0.0454. The van der Waals surface area contributed by atoms with Gasteiger partial charge in [-0.3, -0.25) is 0 Å². The highest BCUT2D eigenvalue weighted by Crippen LogP contribution is 2.26. The number of carbonyl (C=O) groups is 1. The van der Waals surface area contributed by atoms with E-state index in [0.717, 1.165) is 0 Å². The molecule has 0 aliphatic heterocycles. The highest BCUT2D eigenvalue weighted by Gasteiger charge is 2.35. The number of aromatic nitrogens is 1. The van der Waals surface area contributed by atoms with Crippen molar-refractivity contribution in [2.24, 2.45) is 0 Å². The maximum atomic E-state index is 10.9. The van der Waals surface area contributed by atoms with Crippen LogP contribution in [0, 0.1) is 0 Å². The number of nitrogens with zero attached hydrogens (tertiary/aromatic N) is 1. The summed E-state index contributed by atoms with van der Waals surface area (Å²) in [6, 6.07) is 2.65. The van der Waals surface area contributed by atoms with E-state index in [-0.39, 0.29) is 10.7 Å². The van der Waals surface area contributed by atoms with Gasteiger partial charge in [0.1, 0.15) is 11.0 Å². The molecule has 0 saturated heterocycles. The van der Waals surface area contributed by atoms with E-state index in [4.69, 9.17) is 16.7 Å². The number of hydrogen-bond donors (Lipinski definition) is 3. The Hall–Kier alpha value is -1.33. The van der Waals surface area contributed by atoms with Crippen molar-refractivity contribution in [1.82, 2.24) is 4.98 Å². The van der Waals surface area contributed by atoms with Gasteiger partial charge < -0.3 is 15.5 Å². The average Bonchev–Trinajstić information content (AvgIpc) is 2.13. The van der Waals surface area contributed by atoms with Crippen molar-refractivity contribution in [2.45, 2.75) is 38.8 Å². The van der Waals surface area contributed by atoms with Gasteiger partial charge in [0, 0.05) is 0 Å². The van der Waals surface area contributed by atoms with Crippen molar-refractivity contribution in [3.8, 4) is 0 Å². The lowest BCUT2D eigenvalue weighted by Crippen LogP contribution is -2.51. The largest absolute Gasteiger partial charge is 0.478 e. The number of rotatable bonds is 4. The molecule has 1 aromatic heterocycles. The van der Waals surface area contributed by atoms with Gasteiger partial charge >= 0.3 is 5.97 Å². The lowest BCUT2D eigenvalue weighted by molar-refractivity contribution is 0.0239. The number of halogens is 1. The van der Waals surface area contributed by atoms with Crippen LogP contribution >= 0.6 is 11.6 Å². The van der Waals surface area contributed by atoms with Crippen LogP contribution in [0.4, 0.5) is 5.82 Å². The second kappa shape index (κ2) is 4.74. The summed E-state index contributed by atoms with van der Waals surface area (Å²) < 4.78 is 0. The molecule has 0 unspecified atom stereocenters. The highest BCUT2D eigenvalue weighted by molar-refractivity contribution is 6.29. The van der Waals surface area contributed by atoms with Crippen LogP contribution in [-0.4, -0.2) is 32.3 Å². The van der Waals surface area contributed by atoms with Crippen LogP contribution in [0.1, 0.15) is 38.1 Å². The fourth-order valence-corrected chi connectivity index (χ4v) is 1.37. The molecule has 6 heteroatoms. The second-order valence-electron chi connectivity index (χ2n) is 5.18. The van der Waals surface area contributed by atoms with Gasteiger partial charge in [-0.1, -0.05) is 11.6 Å². The third-order valence-electron chi connectivity index (χ3n) is 3.01. The molecule has 1 rings (SSSR count). The highest BCUT2D eigenvalue weighted by atomic mass is 35.5. The van der Waals surface area contributed by atoms with E-state index < -0.39 is 17.1 Å². The molecule has 0 spiro atoms. The Morgan fingerprint density at radius 3 is 2.33 bits per heavy atom. The zero-order chi connectivity index (χ0) is 14.1. The lowest BCUT2D eigenvalue weighted by atomic mass is 9.86. The van der Waals surface area contributed by atoms with Gasteiger partial charge in [-0.05, 0) is 39.8 Å². The number of anilines is 1. The number of carboxylic acid groups (broad SMARTS) is 1. The molecule has 0 aliphatic rings. The number of pyridine rings is 1. The number of hydrogen-bond acceptors (Lipinski definition) is 4. The molecule has 5 nitrogen and oxygen atoms in total. The molecule has 0 atom stereocenters. The van der Waals surface area contributed by atoms with Gasteiger partial charge in [0.2, 0.25) is 0 Å². The normalized spacial score (nSPS) is 12.3.